The molecule has 2 rings (SSSR count). The summed E-state index contributed by atoms with van der Waals surface area (Å²) in [5.41, 5.74) is 1.49. The Kier molecular flexibility index (Phi) is 5.61. The average molecular weight is 357 g/mol. The topological polar surface area (TPSA) is 93.1 Å². The second kappa shape index (κ2) is 7.69. The molecule has 0 spiro atoms. The van der Waals surface area contributed by atoms with E-state index in [4.69, 9.17) is 9.47 Å². The van der Waals surface area contributed by atoms with Gasteiger partial charge in [0.1, 0.15) is 5.70 Å². The van der Waals surface area contributed by atoms with Crippen LogP contribution in [0.4, 0.5) is 5.69 Å². The largest absolute Gasteiger partial charge is 0.478 e. The van der Waals surface area contributed by atoms with Gasteiger partial charge in [-0.2, -0.15) is 0 Å². The fourth-order valence-corrected chi connectivity index (χ4v) is 2.78. The number of methoxy groups -OCH3 is 2. The molecule has 0 fully saturated rings. The first-order valence-corrected chi connectivity index (χ1v) is 7.71. The molecule has 1 aromatic rings. The van der Waals surface area contributed by atoms with Gasteiger partial charge in [-0.15, -0.1) is 0 Å². The minimum Gasteiger partial charge on any atom is -0.478 e. The molecule has 0 amide bonds. The fourth-order valence-electron chi connectivity index (χ4n) is 2.78. The van der Waals surface area contributed by atoms with Crippen molar-refractivity contribution in [2.75, 3.05) is 19.1 Å². The molecule has 1 aliphatic heterocycles. The Morgan fingerprint density at radius 2 is 1.65 bits per heavy atom. The van der Waals surface area contributed by atoms with Gasteiger partial charge in [0.15, 0.2) is 0 Å². The molecule has 0 bridgehead atoms. The summed E-state index contributed by atoms with van der Waals surface area (Å²) in [6.07, 6.45) is 6.06. The van der Waals surface area contributed by atoms with Crippen LogP contribution in [-0.2, 0) is 19.1 Å². The Bertz CT molecular complexity index is 863. The third-order valence-corrected chi connectivity index (χ3v) is 3.81. The molecular weight excluding hydrogens is 338 g/mol. The van der Waals surface area contributed by atoms with Crippen molar-refractivity contribution in [3.8, 4) is 0 Å². The Morgan fingerprint density at radius 3 is 2.23 bits per heavy atom. The van der Waals surface area contributed by atoms with Crippen LogP contribution in [0.25, 0.3) is 0 Å². The summed E-state index contributed by atoms with van der Waals surface area (Å²) in [6.45, 7) is 3.51. The van der Waals surface area contributed by atoms with Gasteiger partial charge in [0.25, 0.3) is 0 Å². The first-order chi connectivity index (χ1) is 12.3. The van der Waals surface area contributed by atoms with Crippen molar-refractivity contribution in [3.05, 3.63) is 64.5 Å². The lowest BCUT2D eigenvalue weighted by atomic mass is 10.0. The molecule has 136 valence electrons. The SMILES string of the molecule is COC(=O)C1=C(C(=O)OC)N(c2c(C)cc(C)cc2C(=O)O)C=CC=C1. The van der Waals surface area contributed by atoms with E-state index in [1.54, 1.807) is 32.1 Å². The normalized spacial score (nSPS) is 13.5. The molecule has 0 aromatic heterocycles. The Balaban J connectivity index is 2.84. The predicted molar refractivity (Wildman–Crippen MR) is 94.7 cm³/mol. The number of nitrogens with zero attached hydrogens (tertiary/aromatic N) is 1. The van der Waals surface area contributed by atoms with Crippen LogP contribution in [-0.4, -0.2) is 37.2 Å². The van der Waals surface area contributed by atoms with Crippen molar-refractivity contribution >= 4 is 23.6 Å². The van der Waals surface area contributed by atoms with Gasteiger partial charge < -0.3 is 19.5 Å². The molecule has 7 heteroatoms. The van der Waals surface area contributed by atoms with Gasteiger partial charge in [-0.25, -0.2) is 14.4 Å². The number of anilines is 1. The summed E-state index contributed by atoms with van der Waals surface area (Å²) in [5.74, 6) is -2.68. The molecular formula is C19H19NO6. The van der Waals surface area contributed by atoms with E-state index < -0.39 is 17.9 Å². The molecule has 0 unspecified atom stereocenters. The van der Waals surface area contributed by atoms with Crippen LogP contribution in [0.1, 0.15) is 21.5 Å². The highest BCUT2D eigenvalue weighted by Crippen LogP contribution is 2.33. The van der Waals surface area contributed by atoms with E-state index in [2.05, 4.69) is 0 Å². The second-order valence-corrected chi connectivity index (χ2v) is 5.60. The molecule has 7 nitrogen and oxygen atoms in total. The van der Waals surface area contributed by atoms with Gasteiger partial charge in [-0.05, 0) is 43.2 Å². The number of aromatic carboxylic acids is 1. The van der Waals surface area contributed by atoms with Crippen LogP contribution in [0.5, 0.6) is 0 Å². The molecule has 0 aliphatic carbocycles. The number of ether oxygens (including phenoxy) is 2. The van der Waals surface area contributed by atoms with Crippen LogP contribution in [0.3, 0.4) is 0 Å². The van der Waals surface area contributed by atoms with Gasteiger partial charge in [0, 0.05) is 6.20 Å². The quantitative estimate of drug-likeness (QED) is 0.828. The number of benzene rings is 1. The van der Waals surface area contributed by atoms with E-state index in [0.29, 0.717) is 5.56 Å². The van der Waals surface area contributed by atoms with E-state index in [9.17, 15) is 19.5 Å². The number of carboxylic acids is 1. The van der Waals surface area contributed by atoms with E-state index in [1.807, 2.05) is 0 Å². The molecule has 1 aromatic carbocycles. The molecule has 1 aliphatic rings. The number of hydrogen-bond acceptors (Lipinski definition) is 6. The molecule has 26 heavy (non-hydrogen) atoms. The van der Waals surface area contributed by atoms with Gasteiger partial charge in [0.2, 0.25) is 0 Å². The number of carboxylic acid groups (broad SMARTS) is 1. The summed E-state index contributed by atoms with van der Waals surface area (Å²) < 4.78 is 9.58. The molecule has 1 heterocycles. The Hall–Kier alpha value is -3.35. The number of esters is 2. The standard InChI is InChI=1S/C19H19NO6/c1-11-9-12(2)15(14(10-11)17(21)22)20-8-6-5-7-13(18(23)25-3)16(20)19(24)26-4/h5-10H,1-4H3,(H,21,22). The van der Waals surface area contributed by atoms with Gasteiger partial charge in [0.05, 0.1) is 31.0 Å². The van der Waals surface area contributed by atoms with Crippen molar-refractivity contribution in [3.63, 3.8) is 0 Å². The first-order valence-electron chi connectivity index (χ1n) is 7.71. The lowest BCUT2D eigenvalue weighted by molar-refractivity contribution is -0.139. The molecule has 0 atom stereocenters. The lowest BCUT2D eigenvalue weighted by Gasteiger charge is -2.26. The maximum Gasteiger partial charge on any atom is 0.355 e. The van der Waals surface area contributed by atoms with E-state index >= 15 is 0 Å². The highest BCUT2D eigenvalue weighted by atomic mass is 16.5. The summed E-state index contributed by atoms with van der Waals surface area (Å²) >= 11 is 0. The van der Waals surface area contributed by atoms with Crippen molar-refractivity contribution in [2.45, 2.75) is 13.8 Å². The smallest absolute Gasteiger partial charge is 0.355 e. The number of carbonyl (C=O) groups is 3. The lowest BCUT2D eigenvalue weighted by Crippen LogP contribution is -2.28. The minimum absolute atomic E-state index is 0.000307. The summed E-state index contributed by atoms with van der Waals surface area (Å²) in [7, 11) is 2.38. The van der Waals surface area contributed by atoms with E-state index in [0.717, 1.165) is 5.56 Å². The molecule has 0 saturated heterocycles. The zero-order chi connectivity index (χ0) is 19.4. The summed E-state index contributed by atoms with van der Waals surface area (Å²) in [5, 5.41) is 9.63. The number of carbonyl (C=O) groups excluding carboxylic acids is 2. The number of allylic oxidation sites excluding steroid dienone is 2. The first kappa shape index (κ1) is 19.0. The maximum atomic E-state index is 12.4. The highest BCUT2D eigenvalue weighted by Gasteiger charge is 2.30. The highest BCUT2D eigenvalue weighted by molar-refractivity contribution is 6.07. The maximum absolute atomic E-state index is 12.4. The zero-order valence-corrected chi connectivity index (χ0v) is 14.9. The Labute approximate surface area is 150 Å². The number of hydrogen-bond donors (Lipinski definition) is 1. The van der Waals surface area contributed by atoms with Crippen molar-refractivity contribution in [2.24, 2.45) is 0 Å². The van der Waals surface area contributed by atoms with Gasteiger partial charge in [-0.3, -0.25) is 0 Å². The van der Waals surface area contributed by atoms with Crippen LogP contribution >= 0.6 is 0 Å². The van der Waals surface area contributed by atoms with Gasteiger partial charge >= 0.3 is 17.9 Å². The van der Waals surface area contributed by atoms with Gasteiger partial charge in [-0.1, -0.05) is 12.1 Å². The minimum atomic E-state index is -1.15. The van der Waals surface area contributed by atoms with Crippen LogP contribution in [0.2, 0.25) is 0 Å². The van der Waals surface area contributed by atoms with Crippen molar-refractivity contribution < 1.29 is 29.0 Å². The number of aryl methyl sites for hydroxylation is 2. The van der Waals surface area contributed by atoms with E-state index in [-0.39, 0.29) is 22.5 Å². The number of rotatable bonds is 4. The molecule has 1 N–H and O–H groups in total. The summed E-state index contributed by atoms with van der Waals surface area (Å²) in [6, 6.07) is 3.30. The predicted octanol–water partition coefficient (Wildman–Crippen LogP) is 2.49. The van der Waals surface area contributed by atoms with Crippen molar-refractivity contribution in [1.82, 2.24) is 0 Å². The third-order valence-electron chi connectivity index (χ3n) is 3.81. The van der Waals surface area contributed by atoms with Crippen LogP contribution in [0, 0.1) is 13.8 Å². The second-order valence-electron chi connectivity index (χ2n) is 5.60. The molecule has 0 saturated carbocycles. The monoisotopic (exact) mass is 357 g/mol. The van der Waals surface area contributed by atoms with Crippen LogP contribution in [0.15, 0.2) is 47.8 Å². The van der Waals surface area contributed by atoms with E-state index in [1.165, 1.54) is 37.5 Å². The third kappa shape index (κ3) is 3.51. The Morgan fingerprint density at radius 1 is 1.00 bits per heavy atom. The van der Waals surface area contributed by atoms with Crippen molar-refractivity contribution in [1.29, 1.82) is 0 Å². The summed E-state index contributed by atoms with van der Waals surface area (Å²) in [4.78, 5) is 37.7. The zero-order valence-electron chi connectivity index (χ0n) is 14.9. The average Bonchev–Trinajstić information content (AvgIpc) is 2.82. The molecule has 0 radical (unpaired) electrons. The fraction of sp³-hybridized carbons (Fsp3) is 0.211. The van der Waals surface area contributed by atoms with Crippen LogP contribution < -0.4 is 4.90 Å².